The third-order valence-electron chi connectivity index (χ3n) is 3.85. The van der Waals surface area contributed by atoms with E-state index in [-0.39, 0.29) is 17.2 Å². The van der Waals surface area contributed by atoms with E-state index in [0.29, 0.717) is 29.9 Å². The average Bonchev–Trinajstić information content (AvgIpc) is 2.62. The summed E-state index contributed by atoms with van der Waals surface area (Å²) in [5, 5.41) is 0.474. The molecule has 0 saturated carbocycles. The van der Waals surface area contributed by atoms with Gasteiger partial charge in [0.1, 0.15) is 35.0 Å². The number of rotatable bonds is 3. The highest BCUT2D eigenvalue weighted by atomic mass is 79.9. The molecule has 0 N–H and O–H groups in total. The minimum atomic E-state index is -0.260. The van der Waals surface area contributed by atoms with E-state index in [2.05, 4.69) is 15.9 Å². The number of hydrogen-bond acceptors (Lipinski definition) is 5. The van der Waals surface area contributed by atoms with Crippen LogP contribution >= 0.6 is 27.5 Å². The summed E-state index contributed by atoms with van der Waals surface area (Å²) < 4.78 is 23.0. The molecule has 0 spiro atoms. The third kappa shape index (κ3) is 3.25. The first-order valence-electron chi connectivity index (χ1n) is 7.47. The van der Waals surface area contributed by atoms with Gasteiger partial charge in [0.25, 0.3) is 0 Å². The Labute approximate surface area is 156 Å². The van der Waals surface area contributed by atoms with E-state index in [1.54, 1.807) is 18.2 Å². The second-order valence-corrected chi connectivity index (χ2v) is 6.85. The lowest BCUT2D eigenvalue weighted by molar-refractivity contribution is -0.0176. The topological polar surface area (TPSA) is 57.9 Å². The van der Waals surface area contributed by atoms with E-state index in [1.165, 1.54) is 6.26 Å². The zero-order chi connectivity index (χ0) is 17.4. The van der Waals surface area contributed by atoms with E-state index in [1.807, 2.05) is 12.1 Å². The first kappa shape index (κ1) is 16.4. The van der Waals surface area contributed by atoms with Crippen molar-refractivity contribution in [2.75, 3.05) is 6.79 Å². The van der Waals surface area contributed by atoms with Crippen LogP contribution in [0.2, 0.25) is 5.02 Å². The Bertz CT molecular complexity index is 1010. The summed E-state index contributed by atoms with van der Waals surface area (Å²) in [7, 11) is 0. The molecule has 25 heavy (non-hydrogen) atoms. The van der Waals surface area contributed by atoms with Gasteiger partial charge in [-0.2, -0.15) is 0 Å². The van der Waals surface area contributed by atoms with Crippen LogP contribution in [0.3, 0.4) is 0 Å². The van der Waals surface area contributed by atoms with Crippen LogP contribution in [-0.4, -0.2) is 6.79 Å². The van der Waals surface area contributed by atoms with Gasteiger partial charge in [-0.15, -0.1) is 0 Å². The van der Waals surface area contributed by atoms with Crippen molar-refractivity contribution >= 4 is 38.5 Å². The third-order valence-corrected chi connectivity index (χ3v) is 4.57. The molecular formula is C18H12BrClO5. The molecule has 0 fully saturated rings. The number of ether oxygens (including phenoxy) is 3. The van der Waals surface area contributed by atoms with E-state index < -0.39 is 0 Å². The van der Waals surface area contributed by atoms with Crippen LogP contribution in [0.4, 0.5) is 0 Å². The first-order valence-corrected chi connectivity index (χ1v) is 8.64. The van der Waals surface area contributed by atoms with Gasteiger partial charge in [-0.25, -0.2) is 0 Å². The Morgan fingerprint density at radius 1 is 1.24 bits per heavy atom. The first-order chi connectivity index (χ1) is 12.1. The summed E-state index contributed by atoms with van der Waals surface area (Å²) >= 11 is 9.27. The zero-order valence-corrected chi connectivity index (χ0v) is 15.2. The van der Waals surface area contributed by atoms with Crippen LogP contribution in [0, 0.1) is 0 Å². The van der Waals surface area contributed by atoms with Gasteiger partial charge in [0.2, 0.25) is 5.43 Å². The van der Waals surface area contributed by atoms with Crippen LogP contribution < -0.4 is 14.9 Å². The van der Waals surface area contributed by atoms with Crippen molar-refractivity contribution in [1.82, 2.24) is 0 Å². The van der Waals surface area contributed by atoms with Gasteiger partial charge in [-0.1, -0.05) is 27.5 Å². The molecule has 0 saturated heterocycles. The van der Waals surface area contributed by atoms with Crippen molar-refractivity contribution in [2.45, 2.75) is 13.2 Å². The highest BCUT2D eigenvalue weighted by Crippen LogP contribution is 2.32. The Kier molecular flexibility index (Phi) is 4.41. The number of fused-ring (bicyclic) bond motifs is 2. The molecule has 0 bridgehead atoms. The molecule has 0 amide bonds. The predicted octanol–water partition coefficient (Wildman–Crippen LogP) is 4.65. The van der Waals surface area contributed by atoms with E-state index in [9.17, 15) is 4.79 Å². The fourth-order valence-electron chi connectivity index (χ4n) is 2.70. The molecule has 2 heterocycles. The van der Waals surface area contributed by atoms with Gasteiger partial charge in [0.05, 0.1) is 12.0 Å². The predicted molar refractivity (Wildman–Crippen MR) is 96.3 cm³/mol. The highest BCUT2D eigenvalue weighted by molar-refractivity contribution is 9.10. The standard InChI is InChI=1S/C18H12BrClO5/c19-12-3-10-6-22-9-25-18(10)11(4-12)7-23-13-1-2-14-16(5-13)24-8-15(20)17(14)21/h1-5,8H,6-7,9H2. The smallest absolute Gasteiger partial charge is 0.211 e. The fourth-order valence-corrected chi connectivity index (χ4v) is 3.40. The van der Waals surface area contributed by atoms with Gasteiger partial charge in [0, 0.05) is 21.7 Å². The lowest BCUT2D eigenvalue weighted by atomic mass is 10.1. The Hall–Kier alpha value is -2.02. The Morgan fingerprint density at radius 2 is 2.12 bits per heavy atom. The van der Waals surface area contributed by atoms with Crippen molar-refractivity contribution in [3.8, 4) is 11.5 Å². The molecule has 7 heteroatoms. The number of halogens is 2. The Balaban J connectivity index is 1.62. The second kappa shape index (κ2) is 6.71. The quantitative estimate of drug-likeness (QED) is 0.613. The molecule has 5 nitrogen and oxygen atoms in total. The molecule has 1 aromatic heterocycles. The molecule has 128 valence electrons. The van der Waals surface area contributed by atoms with Crippen LogP contribution in [0.25, 0.3) is 11.0 Å². The zero-order valence-electron chi connectivity index (χ0n) is 12.9. The molecule has 0 unspecified atom stereocenters. The van der Waals surface area contributed by atoms with Gasteiger partial charge in [0.15, 0.2) is 6.79 Å². The normalized spacial score (nSPS) is 13.4. The minimum absolute atomic E-state index is 0.0568. The lowest BCUT2D eigenvalue weighted by Gasteiger charge is -2.21. The van der Waals surface area contributed by atoms with Crippen LogP contribution in [0.1, 0.15) is 11.1 Å². The summed E-state index contributed by atoms with van der Waals surface area (Å²) in [5.74, 6) is 1.37. The molecule has 1 aliphatic heterocycles. The van der Waals surface area contributed by atoms with Crippen molar-refractivity contribution in [1.29, 1.82) is 0 Å². The lowest BCUT2D eigenvalue weighted by Crippen LogP contribution is -2.14. The summed E-state index contributed by atoms with van der Waals surface area (Å²) in [5.41, 5.74) is 2.04. The van der Waals surface area contributed by atoms with E-state index >= 15 is 0 Å². The Morgan fingerprint density at radius 3 is 3.00 bits per heavy atom. The van der Waals surface area contributed by atoms with Crippen LogP contribution in [-0.2, 0) is 18.0 Å². The summed E-state index contributed by atoms with van der Waals surface area (Å²) in [4.78, 5) is 12.0. The highest BCUT2D eigenvalue weighted by Gasteiger charge is 2.17. The number of benzene rings is 2. The summed E-state index contributed by atoms with van der Waals surface area (Å²) in [6, 6.07) is 8.94. The monoisotopic (exact) mass is 422 g/mol. The van der Waals surface area contributed by atoms with Crippen molar-refractivity contribution in [3.63, 3.8) is 0 Å². The van der Waals surface area contributed by atoms with Gasteiger partial charge >= 0.3 is 0 Å². The van der Waals surface area contributed by atoms with Gasteiger partial charge in [-0.3, -0.25) is 4.79 Å². The molecule has 0 aliphatic carbocycles. The summed E-state index contributed by atoms with van der Waals surface area (Å²) in [6.07, 6.45) is 1.23. The van der Waals surface area contributed by atoms with Crippen molar-refractivity contribution in [3.05, 3.63) is 67.4 Å². The average molecular weight is 424 g/mol. The fraction of sp³-hybridized carbons (Fsp3) is 0.167. The maximum absolute atomic E-state index is 12.0. The maximum Gasteiger partial charge on any atom is 0.211 e. The molecule has 0 radical (unpaired) electrons. The largest absolute Gasteiger partial charge is 0.489 e. The molecule has 1 aliphatic rings. The minimum Gasteiger partial charge on any atom is -0.489 e. The van der Waals surface area contributed by atoms with Crippen molar-refractivity contribution < 1.29 is 18.6 Å². The van der Waals surface area contributed by atoms with Gasteiger partial charge in [-0.05, 0) is 24.3 Å². The second-order valence-electron chi connectivity index (χ2n) is 5.52. The SMILES string of the molecule is O=c1c(Cl)coc2cc(OCc3cc(Br)cc4c3OCOC4)ccc12. The van der Waals surface area contributed by atoms with Gasteiger partial charge < -0.3 is 18.6 Å². The van der Waals surface area contributed by atoms with E-state index in [4.69, 9.17) is 30.2 Å². The molecule has 3 aromatic rings. The van der Waals surface area contributed by atoms with Crippen LogP contribution in [0.5, 0.6) is 11.5 Å². The molecule has 0 atom stereocenters. The maximum atomic E-state index is 12.0. The van der Waals surface area contributed by atoms with Crippen molar-refractivity contribution in [2.24, 2.45) is 0 Å². The van der Waals surface area contributed by atoms with E-state index in [0.717, 1.165) is 21.3 Å². The summed E-state index contributed by atoms with van der Waals surface area (Å²) in [6.45, 7) is 1.04. The molecule has 2 aromatic carbocycles. The molecule has 4 rings (SSSR count). The number of hydrogen-bond donors (Lipinski definition) is 0. The molecular weight excluding hydrogens is 412 g/mol. The van der Waals surface area contributed by atoms with Crippen LogP contribution in [0.15, 0.2) is 50.3 Å².